The number of hydrogen-bond donors (Lipinski definition) is 0. The van der Waals surface area contributed by atoms with Crippen LogP contribution in [0.25, 0.3) is 11.4 Å². The first-order valence-corrected chi connectivity index (χ1v) is 10.3. The molecular weight excluding hydrogens is 346 g/mol. The maximum atomic E-state index is 13.0. The summed E-state index contributed by atoms with van der Waals surface area (Å²) in [4.78, 5) is 0. The van der Waals surface area contributed by atoms with Crippen LogP contribution in [-0.2, 0) is 22.1 Å². The normalized spacial score (nSPS) is 11.7. The molecule has 0 atom stereocenters. The van der Waals surface area contributed by atoms with E-state index in [2.05, 4.69) is 10.2 Å². The number of benzene rings is 2. The molecule has 26 heavy (non-hydrogen) atoms. The highest BCUT2D eigenvalue weighted by Gasteiger charge is 2.25. The van der Waals surface area contributed by atoms with Crippen molar-refractivity contribution in [2.75, 3.05) is 0 Å². The minimum Gasteiger partial charge on any atom is -0.298 e. The number of nitrogens with zero attached hydrogens (tertiary/aromatic N) is 3. The van der Waals surface area contributed by atoms with E-state index in [1.807, 2.05) is 69.3 Å². The van der Waals surface area contributed by atoms with Crippen LogP contribution in [0.3, 0.4) is 0 Å². The van der Waals surface area contributed by atoms with Gasteiger partial charge in [-0.1, -0.05) is 60.5 Å². The maximum Gasteiger partial charge on any atom is 0.250 e. The minimum atomic E-state index is -3.59. The van der Waals surface area contributed by atoms with E-state index >= 15 is 0 Å². The molecule has 5 nitrogen and oxygen atoms in total. The van der Waals surface area contributed by atoms with E-state index in [0.29, 0.717) is 12.4 Å². The van der Waals surface area contributed by atoms with Gasteiger partial charge >= 0.3 is 0 Å². The summed E-state index contributed by atoms with van der Waals surface area (Å²) in [5.41, 5.74) is 3.82. The van der Waals surface area contributed by atoms with Gasteiger partial charge in [-0.15, -0.1) is 10.2 Å². The van der Waals surface area contributed by atoms with E-state index in [1.165, 1.54) is 0 Å². The highest BCUT2D eigenvalue weighted by molar-refractivity contribution is 7.90. The molecule has 3 rings (SSSR count). The van der Waals surface area contributed by atoms with Crippen molar-refractivity contribution in [1.29, 1.82) is 0 Å². The highest BCUT2D eigenvalue weighted by Crippen LogP contribution is 2.24. The van der Waals surface area contributed by atoms with Gasteiger partial charge in [-0.05, 0) is 31.9 Å². The first-order valence-electron chi connectivity index (χ1n) is 8.69. The summed E-state index contributed by atoms with van der Waals surface area (Å²) in [5, 5.41) is 8.29. The second kappa shape index (κ2) is 7.41. The van der Waals surface area contributed by atoms with Crippen molar-refractivity contribution in [2.45, 2.75) is 44.6 Å². The molecule has 0 spiro atoms. The van der Waals surface area contributed by atoms with Crippen LogP contribution < -0.4 is 0 Å². The molecule has 1 heterocycles. The third kappa shape index (κ3) is 3.85. The second-order valence-electron chi connectivity index (χ2n) is 6.57. The van der Waals surface area contributed by atoms with E-state index in [9.17, 15) is 8.42 Å². The largest absolute Gasteiger partial charge is 0.298 e. The Balaban J connectivity index is 2.02. The van der Waals surface area contributed by atoms with Crippen LogP contribution >= 0.6 is 0 Å². The predicted octanol–water partition coefficient (Wildman–Crippen LogP) is 3.95. The van der Waals surface area contributed by atoms with Crippen molar-refractivity contribution in [3.8, 4) is 11.4 Å². The van der Waals surface area contributed by atoms with Gasteiger partial charge in [0.2, 0.25) is 15.0 Å². The Morgan fingerprint density at radius 2 is 1.69 bits per heavy atom. The average Bonchev–Trinajstić information content (AvgIpc) is 3.02. The van der Waals surface area contributed by atoms with Gasteiger partial charge in [0.15, 0.2) is 5.82 Å². The van der Waals surface area contributed by atoms with E-state index in [-0.39, 0.29) is 10.9 Å². The van der Waals surface area contributed by atoms with E-state index in [4.69, 9.17) is 0 Å². The zero-order valence-corrected chi connectivity index (χ0v) is 16.1. The monoisotopic (exact) mass is 369 g/mol. The standard InChI is InChI=1S/C20H23N3O2S/c1-4-12-23-19(18-7-5-6-16(3)13-18)21-22-20(23)26(24,25)14-17-10-8-15(2)9-11-17/h5-11,13H,4,12,14H2,1-3H3. The molecule has 0 bridgehead atoms. The van der Waals surface area contributed by atoms with Gasteiger partial charge in [0.1, 0.15) is 0 Å². The zero-order valence-electron chi connectivity index (χ0n) is 15.3. The highest BCUT2D eigenvalue weighted by atomic mass is 32.2. The smallest absolute Gasteiger partial charge is 0.250 e. The summed E-state index contributed by atoms with van der Waals surface area (Å²) >= 11 is 0. The van der Waals surface area contributed by atoms with E-state index in [0.717, 1.165) is 28.7 Å². The molecule has 0 aliphatic heterocycles. The van der Waals surface area contributed by atoms with Crippen LogP contribution in [0.5, 0.6) is 0 Å². The van der Waals surface area contributed by atoms with Crippen LogP contribution in [0, 0.1) is 13.8 Å². The van der Waals surface area contributed by atoms with Gasteiger partial charge in [0.25, 0.3) is 0 Å². The molecular formula is C20H23N3O2S. The molecule has 1 aromatic heterocycles. The fourth-order valence-electron chi connectivity index (χ4n) is 2.91. The Kier molecular flexibility index (Phi) is 5.23. The van der Waals surface area contributed by atoms with Crippen molar-refractivity contribution in [3.63, 3.8) is 0 Å². The lowest BCUT2D eigenvalue weighted by molar-refractivity contribution is 0.557. The first kappa shape index (κ1) is 18.3. The van der Waals surface area contributed by atoms with Crippen molar-refractivity contribution >= 4 is 9.84 Å². The first-order chi connectivity index (χ1) is 12.4. The van der Waals surface area contributed by atoms with E-state index < -0.39 is 9.84 Å². The molecule has 136 valence electrons. The van der Waals surface area contributed by atoms with Gasteiger partial charge in [0, 0.05) is 12.1 Å². The van der Waals surface area contributed by atoms with E-state index in [1.54, 1.807) is 4.57 Å². The molecule has 0 unspecified atom stereocenters. The quantitative estimate of drug-likeness (QED) is 0.660. The Morgan fingerprint density at radius 1 is 0.962 bits per heavy atom. The predicted molar refractivity (Wildman–Crippen MR) is 103 cm³/mol. The van der Waals surface area contributed by atoms with Crippen molar-refractivity contribution in [3.05, 3.63) is 65.2 Å². The molecule has 0 aliphatic rings. The van der Waals surface area contributed by atoms with Gasteiger partial charge in [0.05, 0.1) is 5.75 Å². The van der Waals surface area contributed by atoms with Crippen LogP contribution in [-0.4, -0.2) is 23.2 Å². The van der Waals surface area contributed by atoms with Crippen LogP contribution in [0.2, 0.25) is 0 Å². The zero-order chi connectivity index (χ0) is 18.7. The lowest BCUT2D eigenvalue weighted by Crippen LogP contribution is -2.14. The molecule has 0 radical (unpaired) electrons. The summed E-state index contributed by atoms with van der Waals surface area (Å²) in [6.45, 7) is 6.54. The fraction of sp³-hybridized carbons (Fsp3) is 0.300. The molecule has 0 aliphatic carbocycles. The molecule has 0 amide bonds. The SMILES string of the molecule is CCCn1c(-c2cccc(C)c2)nnc1S(=O)(=O)Cc1ccc(C)cc1. The molecule has 0 saturated heterocycles. The maximum absolute atomic E-state index is 13.0. The molecule has 2 aromatic carbocycles. The van der Waals surface area contributed by atoms with Gasteiger partial charge in [-0.3, -0.25) is 4.57 Å². The third-order valence-electron chi connectivity index (χ3n) is 4.20. The van der Waals surface area contributed by atoms with Crippen LogP contribution in [0.15, 0.2) is 53.7 Å². The Bertz CT molecular complexity index is 1010. The summed E-state index contributed by atoms with van der Waals surface area (Å²) in [7, 11) is -3.59. The number of hydrogen-bond acceptors (Lipinski definition) is 4. The summed E-state index contributed by atoms with van der Waals surface area (Å²) in [5.74, 6) is 0.515. The Labute approximate surface area is 154 Å². The average molecular weight is 369 g/mol. The van der Waals surface area contributed by atoms with Gasteiger partial charge in [-0.2, -0.15) is 0 Å². The summed E-state index contributed by atoms with van der Waals surface area (Å²) in [6, 6.07) is 15.4. The number of aromatic nitrogens is 3. The lowest BCUT2D eigenvalue weighted by Gasteiger charge is -2.10. The minimum absolute atomic E-state index is 0.0384. The summed E-state index contributed by atoms with van der Waals surface area (Å²) in [6.07, 6.45) is 0.796. The molecule has 0 fully saturated rings. The number of rotatable bonds is 6. The van der Waals surface area contributed by atoms with Gasteiger partial charge in [-0.25, -0.2) is 8.42 Å². The third-order valence-corrected chi connectivity index (χ3v) is 5.77. The van der Waals surface area contributed by atoms with Gasteiger partial charge < -0.3 is 0 Å². The molecule has 6 heteroatoms. The Hall–Kier alpha value is -2.47. The fourth-order valence-corrected chi connectivity index (χ4v) is 4.35. The molecule has 3 aromatic rings. The second-order valence-corrected chi connectivity index (χ2v) is 8.46. The van der Waals surface area contributed by atoms with Crippen LogP contribution in [0.4, 0.5) is 0 Å². The lowest BCUT2D eigenvalue weighted by atomic mass is 10.1. The topological polar surface area (TPSA) is 64.8 Å². The van der Waals surface area contributed by atoms with Crippen molar-refractivity contribution < 1.29 is 8.42 Å². The number of aryl methyl sites for hydroxylation is 2. The molecule has 0 saturated carbocycles. The Morgan fingerprint density at radius 3 is 2.35 bits per heavy atom. The van der Waals surface area contributed by atoms with Crippen molar-refractivity contribution in [2.24, 2.45) is 0 Å². The number of sulfone groups is 1. The van der Waals surface area contributed by atoms with Crippen LogP contribution in [0.1, 0.15) is 30.0 Å². The molecule has 0 N–H and O–H groups in total. The van der Waals surface area contributed by atoms with Crippen molar-refractivity contribution in [1.82, 2.24) is 14.8 Å². The summed E-state index contributed by atoms with van der Waals surface area (Å²) < 4.78 is 27.7.